The predicted molar refractivity (Wildman–Crippen MR) is 60.8 cm³/mol. The molecule has 0 amide bonds. The Balaban J connectivity index is 2.73. The van der Waals surface area contributed by atoms with Crippen LogP contribution in [0.5, 0.6) is 0 Å². The van der Waals surface area contributed by atoms with Crippen molar-refractivity contribution in [1.29, 1.82) is 0 Å². The van der Waals surface area contributed by atoms with Crippen LogP contribution in [-0.4, -0.2) is 32.9 Å². The van der Waals surface area contributed by atoms with E-state index in [-0.39, 0.29) is 5.75 Å². The van der Waals surface area contributed by atoms with E-state index in [0.29, 0.717) is 13.1 Å². The lowest BCUT2D eigenvalue weighted by atomic mass is 10.2. The van der Waals surface area contributed by atoms with E-state index >= 15 is 0 Å². The third-order valence-electron chi connectivity index (χ3n) is 2.11. The average Bonchev–Trinajstić information content (AvgIpc) is 2.19. The van der Waals surface area contributed by atoms with Crippen molar-refractivity contribution < 1.29 is 8.42 Å². The molecule has 1 aromatic carbocycles. The van der Waals surface area contributed by atoms with E-state index in [1.54, 1.807) is 19.2 Å². The summed E-state index contributed by atoms with van der Waals surface area (Å²) in [5.41, 5.74) is 6.11. The van der Waals surface area contributed by atoms with Gasteiger partial charge in [0.15, 0.2) is 0 Å². The summed E-state index contributed by atoms with van der Waals surface area (Å²) in [6.45, 7) is 0.694. The lowest BCUT2D eigenvalue weighted by molar-refractivity contribution is 0.476. The Morgan fingerprint density at radius 2 is 1.87 bits per heavy atom. The van der Waals surface area contributed by atoms with Crippen molar-refractivity contribution in [3.8, 4) is 0 Å². The average molecular weight is 228 g/mol. The minimum atomic E-state index is -3.22. The van der Waals surface area contributed by atoms with Crippen LogP contribution >= 0.6 is 0 Å². The van der Waals surface area contributed by atoms with Crippen LogP contribution in [0.15, 0.2) is 30.3 Å². The standard InChI is InChI=1S/C10H16N2O2S/c1-12(8-7-11)15(13,14)9-10-5-3-2-4-6-10/h2-6H,7-9,11H2,1H3. The first kappa shape index (κ1) is 12.2. The van der Waals surface area contributed by atoms with Crippen LogP contribution in [0.4, 0.5) is 0 Å². The molecule has 0 bridgehead atoms. The zero-order chi connectivity index (χ0) is 11.3. The Morgan fingerprint density at radius 1 is 1.27 bits per heavy atom. The van der Waals surface area contributed by atoms with Gasteiger partial charge in [-0.3, -0.25) is 0 Å². The maximum atomic E-state index is 11.8. The maximum absolute atomic E-state index is 11.8. The van der Waals surface area contributed by atoms with Gasteiger partial charge in [-0.15, -0.1) is 0 Å². The monoisotopic (exact) mass is 228 g/mol. The van der Waals surface area contributed by atoms with Gasteiger partial charge in [0.2, 0.25) is 10.0 Å². The molecule has 0 atom stereocenters. The largest absolute Gasteiger partial charge is 0.329 e. The Morgan fingerprint density at radius 3 is 2.40 bits per heavy atom. The molecule has 1 rings (SSSR count). The fourth-order valence-corrected chi connectivity index (χ4v) is 2.43. The summed E-state index contributed by atoms with van der Waals surface area (Å²) >= 11 is 0. The normalized spacial score (nSPS) is 11.9. The molecule has 0 aliphatic rings. The second-order valence-corrected chi connectivity index (χ2v) is 5.43. The molecule has 0 radical (unpaired) electrons. The van der Waals surface area contributed by atoms with Crippen LogP contribution in [0.25, 0.3) is 0 Å². The van der Waals surface area contributed by atoms with E-state index < -0.39 is 10.0 Å². The SMILES string of the molecule is CN(CCN)S(=O)(=O)Cc1ccccc1. The molecule has 0 saturated heterocycles. The van der Waals surface area contributed by atoms with E-state index in [4.69, 9.17) is 5.73 Å². The lowest BCUT2D eigenvalue weighted by Gasteiger charge is -2.15. The first-order valence-corrected chi connectivity index (χ1v) is 6.35. The molecule has 0 aromatic heterocycles. The highest BCUT2D eigenvalue weighted by atomic mass is 32.2. The minimum Gasteiger partial charge on any atom is -0.329 e. The van der Waals surface area contributed by atoms with Crippen molar-refractivity contribution in [2.45, 2.75) is 5.75 Å². The second-order valence-electron chi connectivity index (χ2n) is 3.35. The maximum Gasteiger partial charge on any atom is 0.218 e. The third kappa shape index (κ3) is 3.62. The zero-order valence-corrected chi connectivity index (χ0v) is 9.57. The summed E-state index contributed by atoms with van der Waals surface area (Å²) in [4.78, 5) is 0. The highest BCUT2D eigenvalue weighted by Gasteiger charge is 2.17. The predicted octanol–water partition coefficient (Wildman–Crippen LogP) is 0.407. The number of rotatable bonds is 5. The van der Waals surface area contributed by atoms with Crippen molar-refractivity contribution in [3.63, 3.8) is 0 Å². The van der Waals surface area contributed by atoms with Crippen LogP contribution < -0.4 is 5.73 Å². The fourth-order valence-electron chi connectivity index (χ4n) is 1.22. The zero-order valence-electron chi connectivity index (χ0n) is 8.76. The summed E-state index contributed by atoms with van der Waals surface area (Å²) in [5.74, 6) is 0.0321. The smallest absolute Gasteiger partial charge is 0.218 e. The summed E-state index contributed by atoms with van der Waals surface area (Å²) < 4.78 is 24.8. The molecule has 15 heavy (non-hydrogen) atoms. The number of benzene rings is 1. The molecule has 0 aliphatic heterocycles. The molecule has 0 saturated carbocycles. The van der Waals surface area contributed by atoms with Crippen LogP contribution in [0.3, 0.4) is 0 Å². The number of likely N-dealkylation sites (N-methyl/N-ethyl adjacent to an activating group) is 1. The van der Waals surface area contributed by atoms with Crippen LogP contribution in [0, 0.1) is 0 Å². The van der Waals surface area contributed by atoms with Crippen LogP contribution in [0.2, 0.25) is 0 Å². The van der Waals surface area contributed by atoms with Gasteiger partial charge < -0.3 is 5.73 Å². The topological polar surface area (TPSA) is 63.4 Å². The van der Waals surface area contributed by atoms with Gasteiger partial charge in [-0.2, -0.15) is 0 Å². The van der Waals surface area contributed by atoms with Gasteiger partial charge in [-0.1, -0.05) is 30.3 Å². The molecule has 0 fully saturated rings. The summed E-state index contributed by atoms with van der Waals surface area (Å²) in [5, 5.41) is 0. The van der Waals surface area contributed by atoms with Gasteiger partial charge in [-0.05, 0) is 5.56 Å². The van der Waals surface area contributed by atoms with Crippen molar-refractivity contribution in [1.82, 2.24) is 4.31 Å². The number of hydrogen-bond donors (Lipinski definition) is 1. The summed E-state index contributed by atoms with van der Waals surface area (Å²) in [6.07, 6.45) is 0. The fraction of sp³-hybridized carbons (Fsp3) is 0.400. The van der Waals surface area contributed by atoms with Crippen molar-refractivity contribution >= 4 is 10.0 Å². The van der Waals surface area contributed by atoms with Gasteiger partial charge in [0, 0.05) is 20.1 Å². The Kier molecular flexibility index (Phi) is 4.26. The number of nitrogens with two attached hydrogens (primary N) is 1. The first-order chi connectivity index (χ1) is 7.06. The quantitative estimate of drug-likeness (QED) is 0.793. The molecule has 2 N–H and O–H groups in total. The molecule has 0 heterocycles. The molecule has 5 heteroatoms. The van der Waals surface area contributed by atoms with Gasteiger partial charge >= 0.3 is 0 Å². The number of hydrogen-bond acceptors (Lipinski definition) is 3. The molecular formula is C10H16N2O2S. The van der Waals surface area contributed by atoms with E-state index in [1.807, 2.05) is 18.2 Å². The Hall–Kier alpha value is -0.910. The van der Waals surface area contributed by atoms with E-state index in [0.717, 1.165) is 5.56 Å². The lowest BCUT2D eigenvalue weighted by Crippen LogP contribution is -2.32. The van der Waals surface area contributed by atoms with Gasteiger partial charge in [0.05, 0.1) is 5.75 Å². The number of sulfonamides is 1. The highest BCUT2D eigenvalue weighted by Crippen LogP contribution is 2.08. The van der Waals surface area contributed by atoms with E-state index in [1.165, 1.54) is 4.31 Å². The van der Waals surface area contributed by atoms with E-state index in [9.17, 15) is 8.42 Å². The highest BCUT2D eigenvalue weighted by molar-refractivity contribution is 7.88. The van der Waals surface area contributed by atoms with Crippen molar-refractivity contribution in [3.05, 3.63) is 35.9 Å². The molecule has 0 spiro atoms. The third-order valence-corrected chi connectivity index (χ3v) is 3.94. The molecule has 0 unspecified atom stereocenters. The minimum absolute atomic E-state index is 0.0321. The van der Waals surface area contributed by atoms with E-state index in [2.05, 4.69) is 0 Å². The molecule has 0 aliphatic carbocycles. The number of nitrogens with zero attached hydrogens (tertiary/aromatic N) is 1. The van der Waals surface area contributed by atoms with Crippen LogP contribution in [-0.2, 0) is 15.8 Å². The summed E-state index contributed by atoms with van der Waals surface area (Å²) in [7, 11) is -1.68. The van der Waals surface area contributed by atoms with Gasteiger partial charge in [0.25, 0.3) is 0 Å². The Bertz CT molecular complexity index is 389. The summed E-state index contributed by atoms with van der Waals surface area (Å²) in [6, 6.07) is 9.11. The second kappa shape index (κ2) is 5.25. The molecule has 84 valence electrons. The molecule has 4 nitrogen and oxygen atoms in total. The van der Waals surface area contributed by atoms with Crippen LogP contribution in [0.1, 0.15) is 5.56 Å². The van der Waals surface area contributed by atoms with Gasteiger partial charge in [-0.25, -0.2) is 12.7 Å². The van der Waals surface area contributed by atoms with Crippen molar-refractivity contribution in [2.24, 2.45) is 5.73 Å². The molecular weight excluding hydrogens is 212 g/mol. The Labute approximate surface area is 90.8 Å². The molecule has 1 aromatic rings. The van der Waals surface area contributed by atoms with Gasteiger partial charge in [0.1, 0.15) is 0 Å². The first-order valence-electron chi connectivity index (χ1n) is 4.74. The van der Waals surface area contributed by atoms with Crippen molar-refractivity contribution in [2.75, 3.05) is 20.1 Å².